The van der Waals surface area contributed by atoms with Gasteiger partial charge >= 0.3 is 5.97 Å². The molecule has 4 aromatic rings. The van der Waals surface area contributed by atoms with Crippen molar-refractivity contribution in [2.75, 3.05) is 14.2 Å². The van der Waals surface area contributed by atoms with E-state index < -0.39 is 17.0 Å². The average molecular weight is 408 g/mol. The maximum atomic E-state index is 13.0. The molecule has 0 radical (unpaired) electrons. The van der Waals surface area contributed by atoms with Gasteiger partial charge < -0.3 is 19.2 Å². The van der Waals surface area contributed by atoms with Crippen molar-refractivity contribution >= 4 is 27.9 Å². The number of esters is 1. The first-order chi connectivity index (χ1) is 14.5. The number of aromatic amines is 1. The minimum Gasteiger partial charge on any atom is -0.493 e. The van der Waals surface area contributed by atoms with Crippen molar-refractivity contribution in [3.8, 4) is 11.5 Å². The maximum Gasteiger partial charge on any atom is 0.339 e. The van der Waals surface area contributed by atoms with Gasteiger partial charge in [-0.3, -0.25) is 9.59 Å². The fraction of sp³-hybridized carbons (Fsp3) is 0.150. The molecule has 0 fully saturated rings. The van der Waals surface area contributed by atoms with E-state index in [9.17, 15) is 14.4 Å². The Morgan fingerprint density at radius 3 is 2.37 bits per heavy atom. The fourth-order valence-electron chi connectivity index (χ4n) is 2.96. The molecule has 10 nitrogen and oxygen atoms in total. The number of aromatic nitrogens is 4. The minimum absolute atomic E-state index is 0.158. The zero-order chi connectivity index (χ0) is 21.3. The molecule has 1 N–H and O–H groups in total. The summed E-state index contributed by atoms with van der Waals surface area (Å²) in [5.41, 5.74) is -0.872. The van der Waals surface area contributed by atoms with Crippen molar-refractivity contribution < 1.29 is 19.0 Å². The van der Waals surface area contributed by atoms with E-state index in [1.165, 1.54) is 26.4 Å². The van der Waals surface area contributed by atoms with E-state index in [2.05, 4.69) is 15.2 Å². The molecule has 2 heterocycles. The lowest BCUT2D eigenvalue weighted by Crippen LogP contribution is -2.13. The summed E-state index contributed by atoms with van der Waals surface area (Å²) >= 11 is 0. The van der Waals surface area contributed by atoms with Gasteiger partial charge in [0.2, 0.25) is 12.2 Å². The Morgan fingerprint density at radius 2 is 1.67 bits per heavy atom. The van der Waals surface area contributed by atoms with Crippen molar-refractivity contribution in [1.29, 1.82) is 0 Å². The van der Waals surface area contributed by atoms with Crippen molar-refractivity contribution in [2.24, 2.45) is 0 Å². The van der Waals surface area contributed by atoms with Gasteiger partial charge in [0.25, 0.3) is 5.56 Å². The van der Waals surface area contributed by atoms with E-state index in [-0.39, 0.29) is 28.7 Å². The first-order valence-electron chi connectivity index (χ1n) is 8.81. The monoisotopic (exact) mass is 408 g/mol. The van der Waals surface area contributed by atoms with Gasteiger partial charge in [-0.1, -0.05) is 18.2 Å². The molecule has 0 atom stereocenters. The van der Waals surface area contributed by atoms with Crippen molar-refractivity contribution in [3.63, 3.8) is 0 Å². The molecule has 0 amide bonds. The Bertz CT molecular complexity index is 1380. The Labute approximate surface area is 168 Å². The zero-order valence-corrected chi connectivity index (χ0v) is 16.0. The van der Waals surface area contributed by atoms with Gasteiger partial charge in [-0.25, -0.2) is 4.79 Å². The average Bonchev–Trinajstić information content (AvgIpc) is 3.18. The highest BCUT2D eigenvalue weighted by Gasteiger charge is 2.16. The molecule has 0 unspecified atom stereocenters. The number of hydrogen-bond acceptors (Lipinski definition) is 8. The van der Waals surface area contributed by atoms with Gasteiger partial charge in [-0.2, -0.15) is 0 Å². The number of benzene rings is 2. The summed E-state index contributed by atoms with van der Waals surface area (Å²) in [6, 6.07) is 11.3. The minimum atomic E-state index is -0.620. The van der Waals surface area contributed by atoms with Crippen LogP contribution in [0.3, 0.4) is 0 Å². The molecule has 30 heavy (non-hydrogen) atoms. The van der Waals surface area contributed by atoms with Crippen molar-refractivity contribution in [2.45, 2.75) is 6.73 Å². The molecule has 0 saturated heterocycles. The third-order valence-electron chi connectivity index (χ3n) is 4.42. The summed E-state index contributed by atoms with van der Waals surface area (Å²) in [7, 11) is 2.88. The molecular formula is C20H16N4O6. The molecular weight excluding hydrogens is 392 g/mol. The maximum absolute atomic E-state index is 13.0. The molecule has 2 aromatic carbocycles. The fourth-order valence-corrected chi connectivity index (χ4v) is 2.96. The predicted octanol–water partition coefficient (Wildman–Crippen LogP) is 1.46. The van der Waals surface area contributed by atoms with E-state index >= 15 is 0 Å². The van der Waals surface area contributed by atoms with Gasteiger partial charge in [0, 0.05) is 6.07 Å². The van der Waals surface area contributed by atoms with E-state index in [1.807, 2.05) is 0 Å². The highest BCUT2D eigenvalue weighted by Crippen LogP contribution is 2.29. The normalized spacial score (nSPS) is 10.9. The number of nitrogens with zero attached hydrogens (tertiary/aromatic N) is 3. The molecule has 2 aromatic heterocycles. The number of hydrogen-bond donors (Lipinski definition) is 1. The molecule has 10 heteroatoms. The summed E-state index contributed by atoms with van der Waals surface area (Å²) in [6.45, 7) is -0.361. The second-order valence-corrected chi connectivity index (χ2v) is 6.23. The first-order valence-corrected chi connectivity index (χ1v) is 8.81. The zero-order valence-electron chi connectivity index (χ0n) is 16.0. The van der Waals surface area contributed by atoms with Crippen LogP contribution in [-0.2, 0) is 11.5 Å². The highest BCUT2D eigenvalue weighted by atomic mass is 16.5. The number of carbonyl (C=O) groups excluding carboxylic acids is 1. The first kappa shape index (κ1) is 19.1. The van der Waals surface area contributed by atoms with Crippen LogP contribution in [-0.4, -0.2) is 40.2 Å². The number of H-pyrrole nitrogens is 1. The Kier molecular flexibility index (Phi) is 4.88. The molecule has 0 spiro atoms. The number of fused-ring (bicyclic) bond motifs is 2. The number of rotatable bonds is 5. The van der Waals surface area contributed by atoms with Crippen LogP contribution in [0.25, 0.3) is 21.9 Å². The number of nitrogens with one attached hydrogen (secondary N) is 1. The van der Waals surface area contributed by atoms with Crippen molar-refractivity contribution in [3.05, 3.63) is 68.6 Å². The van der Waals surface area contributed by atoms with Gasteiger partial charge in [-0.05, 0) is 18.2 Å². The molecule has 0 aliphatic carbocycles. The predicted molar refractivity (Wildman–Crippen MR) is 107 cm³/mol. The molecule has 0 saturated carbocycles. The van der Waals surface area contributed by atoms with E-state index in [1.54, 1.807) is 30.3 Å². The standard InChI is InChI=1S/C20H16N4O6/c1-28-14-8-12-13(9-15(14)29-2)21-19(26)17-16(18(12)25)22-24(23-17)10-30-20(27)11-6-4-3-5-7-11/h3-9H,10H2,1-2H3,(H,21,26). The van der Waals surface area contributed by atoms with E-state index in [4.69, 9.17) is 14.2 Å². The topological polar surface area (TPSA) is 125 Å². The van der Waals surface area contributed by atoms with Crippen molar-refractivity contribution in [1.82, 2.24) is 20.0 Å². The van der Waals surface area contributed by atoms with E-state index in [0.29, 0.717) is 17.1 Å². The second kappa shape index (κ2) is 7.66. The van der Waals surface area contributed by atoms with Crippen LogP contribution in [0.4, 0.5) is 0 Å². The number of ether oxygens (including phenoxy) is 3. The Balaban J connectivity index is 1.77. The molecule has 0 aliphatic heterocycles. The Morgan fingerprint density at radius 1 is 1.00 bits per heavy atom. The van der Waals surface area contributed by atoms with Crippen LogP contribution in [0.1, 0.15) is 10.4 Å². The summed E-state index contributed by atoms with van der Waals surface area (Å²) in [6.07, 6.45) is 0. The van der Waals surface area contributed by atoms with Crippen LogP contribution >= 0.6 is 0 Å². The lowest BCUT2D eigenvalue weighted by molar-refractivity contribution is 0.0323. The van der Waals surface area contributed by atoms with Crippen LogP contribution in [0.2, 0.25) is 0 Å². The van der Waals surface area contributed by atoms with Crippen LogP contribution in [0.5, 0.6) is 11.5 Å². The van der Waals surface area contributed by atoms with Gasteiger partial charge in [-0.15, -0.1) is 15.0 Å². The molecule has 4 rings (SSSR count). The van der Waals surface area contributed by atoms with Gasteiger partial charge in [0.05, 0.1) is 30.7 Å². The van der Waals surface area contributed by atoms with E-state index in [0.717, 1.165) is 4.80 Å². The second-order valence-electron chi connectivity index (χ2n) is 6.23. The third kappa shape index (κ3) is 3.34. The summed E-state index contributed by atoms with van der Waals surface area (Å²) in [5.74, 6) is 0.0993. The van der Waals surface area contributed by atoms with Gasteiger partial charge in [0.15, 0.2) is 22.5 Å². The van der Waals surface area contributed by atoms with Crippen LogP contribution < -0.4 is 20.5 Å². The number of carbonyl (C=O) groups is 1. The summed E-state index contributed by atoms with van der Waals surface area (Å²) < 4.78 is 15.6. The van der Waals surface area contributed by atoms with Gasteiger partial charge in [0.1, 0.15) is 0 Å². The summed E-state index contributed by atoms with van der Waals surface area (Å²) in [5, 5.41) is 8.23. The molecule has 0 aliphatic rings. The largest absolute Gasteiger partial charge is 0.493 e. The van der Waals surface area contributed by atoms with Crippen LogP contribution in [0, 0.1) is 0 Å². The smallest absolute Gasteiger partial charge is 0.339 e. The quantitative estimate of drug-likeness (QED) is 0.492. The number of methoxy groups -OCH3 is 2. The highest BCUT2D eigenvalue weighted by molar-refractivity contribution is 5.89. The lowest BCUT2D eigenvalue weighted by Gasteiger charge is -2.07. The SMILES string of the molecule is COc1cc2[nH]c(=O)c3nn(COC(=O)c4ccccc4)nc3c(=O)c2cc1OC. The molecule has 0 bridgehead atoms. The lowest BCUT2D eigenvalue weighted by atomic mass is 10.2. The van der Waals surface area contributed by atoms with Crippen LogP contribution in [0.15, 0.2) is 52.1 Å². The Hall–Kier alpha value is -4.21. The molecule has 152 valence electrons. The summed E-state index contributed by atoms with van der Waals surface area (Å²) in [4.78, 5) is 41.3. The third-order valence-corrected chi connectivity index (χ3v) is 4.42.